The van der Waals surface area contributed by atoms with Crippen molar-refractivity contribution in [1.29, 1.82) is 0 Å². The fourth-order valence-corrected chi connectivity index (χ4v) is 3.53. The van der Waals surface area contributed by atoms with E-state index in [0.29, 0.717) is 12.3 Å². The van der Waals surface area contributed by atoms with Crippen molar-refractivity contribution in [1.82, 2.24) is 10.2 Å². The van der Waals surface area contributed by atoms with Crippen LogP contribution >= 0.6 is 0 Å². The summed E-state index contributed by atoms with van der Waals surface area (Å²) in [6, 6.07) is 0. The first kappa shape index (κ1) is 24.0. The van der Waals surface area contributed by atoms with E-state index in [0.717, 1.165) is 44.5 Å². The molecule has 1 atom stereocenters. The van der Waals surface area contributed by atoms with E-state index < -0.39 is 5.60 Å². The number of nitrogens with zero attached hydrogens (tertiary/aromatic N) is 2. The van der Waals surface area contributed by atoms with E-state index in [2.05, 4.69) is 15.2 Å². The number of amides is 2. The predicted molar refractivity (Wildman–Crippen MR) is 111 cm³/mol. The van der Waals surface area contributed by atoms with Crippen LogP contribution < -0.4 is 5.32 Å². The van der Waals surface area contributed by atoms with E-state index in [4.69, 9.17) is 9.57 Å². The third kappa shape index (κ3) is 8.59. The lowest BCUT2D eigenvalue weighted by Crippen LogP contribution is -2.41. The van der Waals surface area contributed by atoms with Crippen molar-refractivity contribution in [3.05, 3.63) is 0 Å². The first-order valence-corrected chi connectivity index (χ1v) is 10.7. The summed E-state index contributed by atoms with van der Waals surface area (Å²) in [5.41, 5.74) is 0.514. The van der Waals surface area contributed by atoms with E-state index in [1.807, 2.05) is 20.8 Å². The van der Waals surface area contributed by atoms with Gasteiger partial charge in [0, 0.05) is 26.1 Å². The molecule has 2 aliphatic heterocycles. The number of ether oxygens (including phenoxy) is 2. The van der Waals surface area contributed by atoms with Crippen molar-refractivity contribution in [2.75, 3.05) is 26.7 Å². The summed E-state index contributed by atoms with van der Waals surface area (Å²) in [6.07, 6.45) is 4.32. The molecule has 9 nitrogen and oxygen atoms in total. The molecule has 170 valence electrons. The van der Waals surface area contributed by atoms with Crippen LogP contribution in [0.5, 0.6) is 0 Å². The molecule has 0 aliphatic carbocycles. The standard InChI is InChI=1S/C21H35N3O6/c1-21(2,3)29-20(27)24-11-8-15(9-12-24)5-6-16-13-17(30-23-16)14-18(25)22-10-7-19(26)28-4/h15,17H,5-14H2,1-4H3,(H,22,25). The summed E-state index contributed by atoms with van der Waals surface area (Å²) in [7, 11) is 1.32. The maximum Gasteiger partial charge on any atom is 0.410 e. The zero-order valence-electron chi connectivity index (χ0n) is 18.6. The van der Waals surface area contributed by atoms with Crippen LogP contribution in [0.15, 0.2) is 5.16 Å². The monoisotopic (exact) mass is 425 g/mol. The van der Waals surface area contributed by atoms with Gasteiger partial charge in [-0.2, -0.15) is 0 Å². The van der Waals surface area contributed by atoms with Crippen LogP contribution in [0.1, 0.15) is 65.7 Å². The Balaban J connectivity index is 1.59. The number of likely N-dealkylation sites (tertiary alicyclic amines) is 1. The molecule has 0 spiro atoms. The Hall–Kier alpha value is -2.32. The Morgan fingerprint density at radius 1 is 1.23 bits per heavy atom. The quantitative estimate of drug-likeness (QED) is 0.599. The van der Waals surface area contributed by atoms with Crippen LogP contribution in [0, 0.1) is 5.92 Å². The van der Waals surface area contributed by atoms with Crippen LogP contribution in [0.2, 0.25) is 0 Å². The Morgan fingerprint density at radius 2 is 1.93 bits per heavy atom. The lowest BCUT2D eigenvalue weighted by Gasteiger charge is -2.33. The molecular weight excluding hydrogens is 390 g/mol. The molecule has 0 aromatic rings. The minimum Gasteiger partial charge on any atom is -0.469 e. The number of hydrogen-bond acceptors (Lipinski definition) is 7. The third-order valence-corrected chi connectivity index (χ3v) is 5.19. The normalized spacial score (nSPS) is 19.7. The summed E-state index contributed by atoms with van der Waals surface area (Å²) < 4.78 is 9.97. The van der Waals surface area contributed by atoms with Gasteiger partial charge in [-0.3, -0.25) is 9.59 Å². The van der Waals surface area contributed by atoms with Crippen LogP contribution in [0.3, 0.4) is 0 Å². The van der Waals surface area contributed by atoms with Crippen LogP contribution in [-0.4, -0.2) is 67.0 Å². The van der Waals surface area contributed by atoms with Gasteiger partial charge in [0.1, 0.15) is 11.7 Å². The van der Waals surface area contributed by atoms with E-state index in [9.17, 15) is 14.4 Å². The summed E-state index contributed by atoms with van der Waals surface area (Å²) in [6.45, 7) is 7.33. The molecule has 1 unspecified atom stereocenters. The minimum absolute atomic E-state index is 0.155. The van der Waals surface area contributed by atoms with E-state index in [1.54, 1.807) is 4.90 Å². The molecule has 0 aromatic heterocycles. The van der Waals surface area contributed by atoms with Gasteiger partial charge >= 0.3 is 12.1 Å². The van der Waals surface area contributed by atoms with E-state index in [-0.39, 0.29) is 43.5 Å². The average molecular weight is 426 g/mol. The molecule has 1 saturated heterocycles. The van der Waals surface area contributed by atoms with Crippen LogP contribution in [-0.2, 0) is 23.9 Å². The first-order valence-electron chi connectivity index (χ1n) is 10.7. The Kier molecular flexibility index (Phi) is 8.92. The van der Waals surface area contributed by atoms with Crippen molar-refractivity contribution >= 4 is 23.7 Å². The van der Waals surface area contributed by atoms with Crippen molar-refractivity contribution in [2.24, 2.45) is 11.1 Å². The third-order valence-electron chi connectivity index (χ3n) is 5.19. The average Bonchev–Trinajstić information content (AvgIpc) is 3.12. The molecule has 0 aromatic carbocycles. The highest BCUT2D eigenvalue weighted by Gasteiger charge is 2.28. The molecule has 0 radical (unpaired) electrons. The van der Waals surface area contributed by atoms with Crippen molar-refractivity contribution < 1.29 is 28.7 Å². The number of rotatable bonds is 8. The van der Waals surface area contributed by atoms with Gasteiger partial charge in [-0.05, 0) is 52.4 Å². The molecular formula is C21H35N3O6. The van der Waals surface area contributed by atoms with E-state index in [1.165, 1.54) is 7.11 Å². The fourth-order valence-electron chi connectivity index (χ4n) is 3.53. The molecule has 30 heavy (non-hydrogen) atoms. The highest BCUT2D eigenvalue weighted by molar-refractivity contribution is 5.86. The van der Waals surface area contributed by atoms with Gasteiger partial charge in [0.05, 0.1) is 25.7 Å². The second-order valence-corrected chi connectivity index (χ2v) is 8.92. The Bertz CT molecular complexity index is 635. The lowest BCUT2D eigenvalue weighted by atomic mass is 9.90. The van der Waals surface area contributed by atoms with Crippen molar-refractivity contribution in [2.45, 2.75) is 77.4 Å². The van der Waals surface area contributed by atoms with Crippen molar-refractivity contribution in [3.8, 4) is 0 Å². The summed E-state index contributed by atoms with van der Waals surface area (Å²) >= 11 is 0. The maximum atomic E-state index is 12.1. The predicted octanol–water partition coefficient (Wildman–Crippen LogP) is 2.63. The number of piperidine rings is 1. The van der Waals surface area contributed by atoms with Crippen molar-refractivity contribution in [3.63, 3.8) is 0 Å². The Morgan fingerprint density at radius 3 is 2.57 bits per heavy atom. The zero-order chi connectivity index (χ0) is 22.1. The highest BCUT2D eigenvalue weighted by Crippen LogP contribution is 2.25. The largest absolute Gasteiger partial charge is 0.469 e. The first-order chi connectivity index (χ1) is 14.2. The second kappa shape index (κ2) is 11.2. The highest BCUT2D eigenvalue weighted by atomic mass is 16.6. The van der Waals surface area contributed by atoms with Gasteiger partial charge in [0.2, 0.25) is 5.91 Å². The number of carbonyl (C=O) groups excluding carboxylic acids is 3. The summed E-state index contributed by atoms with van der Waals surface area (Å²) in [5.74, 6) is 0.0388. The van der Waals surface area contributed by atoms with Gasteiger partial charge in [-0.1, -0.05) is 5.16 Å². The van der Waals surface area contributed by atoms with E-state index >= 15 is 0 Å². The molecule has 2 rings (SSSR count). The van der Waals surface area contributed by atoms with Crippen LogP contribution in [0.25, 0.3) is 0 Å². The molecule has 1 N–H and O–H groups in total. The lowest BCUT2D eigenvalue weighted by molar-refractivity contribution is -0.140. The number of nitrogens with one attached hydrogen (secondary N) is 1. The zero-order valence-corrected chi connectivity index (χ0v) is 18.6. The molecule has 9 heteroatoms. The molecule has 2 heterocycles. The van der Waals surface area contributed by atoms with Gasteiger partial charge in [0.25, 0.3) is 0 Å². The van der Waals surface area contributed by atoms with Gasteiger partial charge in [0.15, 0.2) is 0 Å². The number of oxime groups is 1. The number of esters is 1. The molecule has 2 aliphatic rings. The minimum atomic E-state index is -0.469. The molecule has 0 saturated carbocycles. The fraction of sp³-hybridized carbons (Fsp3) is 0.810. The topological polar surface area (TPSA) is 107 Å². The van der Waals surface area contributed by atoms with Gasteiger partial charge < -0.3 is 24.5 Å². The SMILES string of the molecule is COC(=O)CCNC(=O)CC1CC(CCC2CCN(C(=O)OC(C)(C)C)CC2)=NO1. The van der Waals surface area contributed by atoms with Gasteiger partial charge in [-0.15, -0.1) is 0 Å². The van der Waals surface area contributed by atoms with Crippen LogP contribution in [0.4, 0.5) is 4.79 Å². The Labute approximate surface area is 178 Å². The number of carbonyl (C=O) groups is 3. The molecule has 1 fully saturated rings. The molecule has 2 amide bonds. The second-order valence-electron chi connectivity index (χ2n) is 8.92. The maximum absolute atomic E-state index is 12.1. The van der Waals surface area contributed by atoms with Gasteiger partial charge in [-0.25, -0.2) is 4.79 Å². The number of methoxy groups -OCH3 is 1. The molecule has 0 bridgehead atoms. The summed E-state index contributed by atoms with van der Waals surface area (Å²) in [5, 5.41) is 6.83. The smallest absolute Gasteiger partial charge is 0.410 e. The number of hydrogen-bond donors (Lipinski definition) is 1. The summed E-state index contributed by atoms with van der Waals surface area (Å²) in [4.78, 5) is 42.3.